The van der Waals surface area contributed by atoms with Gasteiger partial charge in [-0.15, -0.1) is 5.10 Å². The number of aromatic amines is 1. The molecule has 8 nitrogen and oxygen atoms in total. The van der Waals surface area contributed by atoms with Crippen molar-refractivity contribution in [3.8, 4) is 5.95 Å². The predicted octanol–water partition coefficient (Wildman–Crippen LogP) is 2.41. The molecule has 0 aliphatic rings. The van der Waals surface area contributed by atoms with Crippen molar-refractivity contribution in [3.05, 3.63) is 57.6 Å². The summed E-state index contributed by atoms with van der Waals surface area (Å²) in [5.74, 6) is 0.0883. The average molecular weight is 356 g/mol. The molecule has 2 aromatic heterocycles. The van der Waals surface area contributed by atoms with E-state index in [1.54, 1.807) is 35.2 Å². The average Bonchev–Trinajstić information content (AvgIpc) is 3.14. The van der Waals surface area contributed by atoms with Crippen LogP contribution in [0.1, 0.15) is 27.3 Å². The third kappa shape index (κ3) is 3.41. The number of nitrogens with zero attached hydrogens (tertiary/aromatic N) is 5. The van der Waals surface area contributed by atoms with Gasteiger partial charge in [0.05, 0.1) is 24.6 Å². The molecule has 0 fully saturated rings. The predicted molar refractivity (Wildman–Crippen MR) is 94.8 cm³/mol. The lowest BCUT2D eigenvalue weighted by Crippen LogP contribution is -2.07. The Labute approximate surface area is 148 Å². The molecule has 128 valence electrons. The molecule has 1 aromatic carbocycles. The fourth-order valence-electron chi connectivity index (χ4n) is 2.30. The number of benzene rings is 1. The summed E-state index contributed by atoms with van der Waals surface area (Å²) in [5.41, 5.74) is 3.07. The molecule has 3 rings (SSSR count). The number of ether oxygens (including phenoxy) is 1. The van der Waals surface area contributed by atoms with Crippen LogP contribution < -0.4 is 0 Å². The Morgan fingerprint density at radius 2 is 2.04 bits per heavy atom. The Hall–Kier alpha value is -3.07. The Morgan fingerprint density at radius 3 is 2.64 bits per heavy atom. The van der Waals surface area contributed by atoms with E-state index in [1.807, 2.05) is 19.9 Å². The lowest BCUT2D eigenvalue weighted by atomic mass is 10.1. The summed E-state index contributed by atoms with van der Waals surface area (Å²) in [6, 6.07) is 8.82. The Bertz CT molecular complexity index is 997. The summed E-state index contributed by atoms with van der Waals surface area (Å²) < 4.78 is 8.18. The molecule has 0 amide bonds. The molecular weight excluding hydrogens is 340 g/mol. The number of hydrogen-bond donors (Lipinski definition) is 1. The van der Waals surface area contributed by atoms with Gasteiger partial charge < -0.3 is 4.74 Å². The van der Waals surface area contributed by atoms with E-state index in [1.165, 1.54) is 11.8 Å². The van der Waals surface area contributed by atoms with Crippen LogP contribution in [0.2, 0.25) is 0 Å². The van der Waals surface area contributed by atoms with Crippen LogP contribution >= 0.6 is 12.2 Å². The summed E-state index contributed by atoms with van der Waals surface area (Å²) >= 11 is 5.24. The second kappa shape index (κ2) is 6.81. The molecule has 0 atom stereocenters. The second-order valence-corrected chi connectivity index (χ2v) is 5.72. The van der Waals surface area contributed by atoms with Crippen molar-refractivity contribution in [1.82, 2.24) is 24.7 Å². The van der Waals surface area contributed by atoms with Crippen molar-refractivity contribution < 1.29 is 9.53 Å². The van der Waals surface area contributed by atoms with E-state index in [0.717, 1.165) is 17.0 Å². The first-order valence-electron chi connectivity index (χ1n) is 7.43. The fraction of sp³-hybridized carbons (Fsp3) is 0.188. The summed E-state index contributed by atoms with van der Waals surface area (Å²) in [6.45, 7) is 3.83. The molecule has 0 saturated carbocycles. The van der Waals surface area contributed by atoms with E-state index in [-0.39, 0.29) is 5.97 Å². The molecule has 25 heavy (non-hydrogen) atoms. The molecule has 0 bridgehead atoms. The largest absolute Gasteiger partial charge is 0.465 e. The van der Waals surface area contributed by atoms with E-state index in [4.69, 9.17) is 12.2 Å². The highest BCUT2D eigenvalue weighted by atomic mass is 32.1. The summed E-state index contributed by atoms with van der Waals surface area (Å²) in [5, 5.41) is 15.7. The number of rotatable bonds is 4. The quantitative estimate of drug-likeness (QED) is 0.440. The molecule has 1 N–H and O–H groups in total. The number of carbonyl (C=O) groups excluding carboxylic acids is 1. The normalized spacial score (nSPS) is 11.2. The zero-order valence-corrected chi connectivity index (χ0v) is 14.7. The van der Waals surface area contributed by atoms with Gasteiger partial charge in [0.15, 0.2) is 0 Å². The zero-order valence-electron chi connectivity index (χ0n) is 13.9. The van der Waals surface area contributed by atoms with Crippen molar-refractivity contribution in [2.24, 2.45) is 5.10 Å². The van der Waals surface area contributed by atoms with Crippen molar-refractivity contribution in [1.29, 1.82) is 0 Å². The topological polar surface area (TPSA) is 90.1 Å². The SMILES string of the molecule is COC(=O)c1ccc(/C=N/n2c(-n3nc(C)cc3C)n[nH]c2=S)cc1. The van der Waals surface area contributed by atoms with E-state index in [9.17, 15) is 4.79 Å². The van der Waals surface area contributed by atoms with E-state index < -0.39 is 0 Å². The molecule has 0 saturated heterocycles. The van der Waals surface area contributed by atoms with Crippen molar-refractivity contribution in [2.45, 2.75) is 13.8 Å². The smallest absolute Gasteiger partial charge is 0.337 e. The highest BCUT2D eigenvalue weighted by molar-refractivity contribution is 7.71. The van der Waals surface area contributed by atoms with Gasteiger partial charge in [-0.2, -0.15) is 14.9 Å². The molecule has 0 unspecified atom stereocenters. The van der Waals surface area contributed by atoms with Gasteiger partial charge in [0, 0.05) is 5.69 Å². The van der Waals surface area contributed by atoms with Crippen LogP contribution in [0, 0.1) is 18.6 Å². The van der Waals surface area contributed by atoms with Gasteiger partial charge in [0.25, 0.3) is 5.95 Å². The molecule has 0 spiro atoms. The number of nitrogens with one attached hydrogen (secondary N) is 1. The number of H-pyrrole nitrogens is 1. The van der Waals surface area contributed by atoms with Crippen LogP contribution in [0.4, 0.5) is 0 Å². The van der Waals surface area contributed by atoms with E-state index >= 15 is 0 Å². The number of aromatic nitrogens is 5. The highest BCUT2D eigenvalue weighted by Crippen LogP contribution is 2.10. The van der Waals surface area contributed by atoms with Crippen LogP contribution in [0.15, 0.2) is 35.4 Å². The highest BCUT2D eigenvalue weighted by Gasteiger charge is 2.11. The maximum atomic E-state index is 11.5. The van der Waals surface area contributed by atoms with Crippen LogP contribution in [0.3, 0.4) is 0 Å². The van der Waals surface area contributed by atoms with Gasteiger partial charge >= 0.3 is 5.97 Å². The van der Waals surface area contributed by atoms with Crippen molar-refractivity contribution in [2.75, 3.05) is 7.11 Å². The minimum absolute atomic E-state index is 0.352. The molecule has 0 aliphatic carbocycles. The first kappa shape index (κ1) is 16.8. The van der Waals surface area contributed by atoms with Gasteiger partial charge in [-0.3, -0.25) is 0 Å². The van der Waals surface area contributed by atoms with Crippen LogP contribution in [-0.2, 0) is 4.74 Å². The third-order valence-electron chi connectivity index (χ3n) is 3.49. The number of aryl methyl sites for hydroxylation is 2. The molecule has 3 aromatic rings. The maximum absolute atomic E-state index is 11.5. The van der Waals surface area contributed by atoms with Gasteiger partial charge in [0.2, 0.25) is 4.77 Å². The Morgan fingerprint density at radius 1 is 1.32 bits per heavy atom. The summed E-state index contributed by atoms with van der Waals surface area (Å²) in [4.78, 5) is 11.5. The van der Waals surface area contributed by atoms with Crippen LogP contribution in [-0.4, -0.2) is 43.9 Å². The van der Waals surface area contributed by atoms with Gasteiger partial charge in [-0.1, -0.05) is 12.1 Å². The molecular formula is C16H16N6O2S. The first-order chi connectivity index (χ1) is 12.0. The van der Waals surface area contributed by atoms with Crippen molar-refractivity contribution >= 4 is 24.4 Å². The van der Waals surface area contributed by atoms with Gasteiger partial charge in [-0.25, -0.2) is 14.6 Å². The lowest BCUT2D eigenvalue weighted by molar-refractivity contribution is 0.0600. The number of methoxy groups -OCH3 is 1. The molecule has 0 aliphatic heterocycles. The minimum Gasteiger partial charge on any atom is -0.465 e. The third-order valence-corrected chi connectivity index (χ3v) is 3.75. The number of hydrogen-bond acceptors (Lipinski definition) is 6. The van der Waals surface area contributed by atoms with E-state index in [2.05, 4.69) is 25.1 Å². The second-order valence-electron chi connectivity index (χ2n) is 5.34. The Balaban J connectivity index is 1.92. The van der Waals surface area contributed by atoms with Gasteiger partial charge in [-0.05, 0) is 49.8 Å². The maximum Gasteiger partial charge on any atom is 0.337 e. The Kier molecular flexibility index (Phi) is 4.57. The van der Waals surface area contributed by atoms with Crippen molar-refractivity contribution in [3.63, 3.8) is 0 Å². The molecule has 2 heterocycles. The van der Waals surface area contributed by atoms with Crippen LogP contribution in [0.5, 0.6) is 0 Å². The number of esters is 1. The lowest BCUT2D eigenvalue weighted by Gasteiger charge is -2.03. The first-order valence-corrected chi connectivity index (χ1v) is 7.84. The van der Waals surface area contributed by atoms with Gasteiger partial charge in [0.1, 0.15) is 0 Å². The minimum atomic E-state index is -0.382. The number of carbonyl (C=O) groups is 1. The van der Waals surface area contributed by atoms with E-state index in [0.29, 0.717) is 16.3 Å². The summed E-state index contributed by atoms with van der Waals surface area (Å²) in [7, 11) is 1.35. The summed E-state index contributed by atoms with van der Waals surface area (Å²) in [6.07, 6.45) is 1.63. The molecule has 9 heteroatoms. The standard InChI is InChI=1S/C16H16N6O2S/c1-10-8-11(2)21(20-10)15-18-19-16(25)22(15)17-9-12-4-6-13(7-5-12)14(23)24-3/h4-9H,1-3H3,(H,19,25)/b17-9+. The molecule has 0 radical (unpaired) electrons. The van der Waals surface area contributed by atoms with Crippen LogP contribution in [0.25, 0.3) is 5.95 Å². The monoisotopic (exact) mass is 356 g/mol. The zero-order chi connectivity index (χ0) is 18.0. The fourth-order valence-corrected chi connectivity index (χ4v) is 2.48.